The summed E-state index contributed by atoms with van der Waals surface area (Å²) in [5, 5.41) is 10.8. The summed E-state index contributed by atoms with van der Waals surface area (Å²) in [6.45, 7) is 7.23. The summed E-state index contributed by atoms with van der Waals surface area (Å²) >= 11 is 0. The highest BCUT2D eigenvalue weighted by Gasteiger charge is 2.27. The van der Waals surface area contributed by atoms with Gasteiger partial charge in [-0.15, -0.1) is 0 Å². The fourth-order valence-electron chi connectivity index (χ4n) is 2.81. The van der Waals surface area contributed by atoms with Crippen molar-refractivity contribution in [2.24, 2.45) is 5.92 Å². The van der Waals surface area contributed by atoms with Gasteiger partial charge in [0.05, 0.1) is 4.92 Å². The summed E-state index contributed by atoms with van der Waals surface area (Å²) in [6, 6.07) is 2.37. The molecule has 104 valence electrons. The van der Waals surface area contributed by atoms with Crippen molar-refractivity contribution in [2.75, 3.05) is 11.4 Å². The van der Waals surface area contributed by atoms with Gasteiger partial charge in [-0.1, -0.05) is 13.8 Å². The van der Waals surface area contributed by atoms with Crippen molar-refractivity contribution in [3.8, 4) is 0 Å². The molecule has 0 saturated carbocycles. The van der Waals surface area contributed by atoms with Gasteiger partial charge in [-0.25, -0.2) is 4.98 Å². The lowest BCUT2D eigenvalue weighted by Gasteiger charge is -2.27. The molecule has 1 aliphatic rings. The van der Waals surface area contributed by atoms with Crippen LogP contribution in [-0.2, 0) is 0 Å². The fourth-order valence-corrected chi connectivity index (χ4v) is 2.81. The minimum absolute atomic E-state index is 0.100. The molecule has 1 saturated heterocycles. The van der Waals surface area contributed by atoms with Gasteiger partial charge in [0.15, 0.2) is 0 Å². The van der Waals surface area contributed by atoms with Crippen LogP contribution in [-0.4, -0.2) is 22.5 Å². The molecule has 1 aromatic heterocycles. The Labute approximate surface area is 113 Å². The molecule has 1 aromatic rings. The van der Waals surface area contributed by atoms with Gasteiger partial charge in [-0.05, 0) is 38.2 Å². The normalized spacial score (nSPS) is 19.2. The Morgan fingerprint density at radius 1 is 1.58 bits per heavy atom. The summed E-state index contributed by atoms with van der Waals surface area (Å²) in [5.74, 6) is 1.54. The zero-order chi connectivity index (χ0) is 14.0. The second kappa shape index (κ2) is 5.55. The van der Waals surface area contributed by atoms with Crippen LogP contribution in [0.4, 0.5) is 11.5 Å². The highest BCUT2D eigenvalue weighted by molar-refractivity contribution is 5.49. The zero-order valence-electron chi connectivity index (χ0n) is 11.8. The van der Waals surface area contributed by atoms with Crippen LogP contribution in [0.1, 0.15) is 38.7 Å². The number of rotatable bonds is 4. The van der Waals surface area contributed by atoms with E-state index in [1.54, 1.807) is 6.92 Å². The lowest BCUT2D eigenvalue weighted by Crippen LogP contribution is -2.31. The molecule has 0 N–H and O–H groups in total. The number of nitrogens with zero attached hydrogens (tertiary/aromatic N) is 3. The predicted octanol–water partition coefficient (Wildman–Crippen LogP) is 3.31. The Kier molecular flexibility index (Phi) is 4.02. The van der Waals surface area contributed by atoms with E-state index in [9.17, 15) is 10.1 Å². The van der Waals surface area contributed by atoms with E-state index in [2.05, 4.69) is 23.7 Å². The van der Waals surface area contributed by atoms with Crippen LogP contribution in [0.3, 0.4) is 0 Å². The van der Waals surface area contributed by atoms with E-state index >= 15 is 0 Å². The third kappa shape index (κ3) is 3.03. The molecule has 0 bridgehead atoms. The van der Waals surface area contributed by atoms with Gasteiger partial charge < -0.3 is 4.90 Å². The molecule has 1 aliphatic heterocycles. The number of nitro groups is 1. The van der Waals surface area contributed by atoms with Crippen LogP contribution < -0.4 is 4.90 Å². The molecule has 2 heterocycles. The third-order valence-electron chi connectivity index (χ3n) is 3.68. The summed E-state index contributed by atoms with van der Waals surface area (Å²) in [5.41, 5.74) is 0.786. The highest BCUT2D eigenvalue weighted by atomic mass is 16.6. The molecular weight excluding hydrogens is 242 g/mol. The van der Waals surface area contributed by atoms with Crippen LogP contribution in [0.15, 0.2) is 12.3 Å². The molecule has 0 radical (unpaired) electrons. The molecule has 5 heteroatoms. The lowest BCUT2D eigenvalue weighted by molar-refractivity contribution is -0.385. The first-order valence-corrected chi connectivity index (χ1v) is 6.86. The number of hydrogen-bond donors (Lipinski definition) is 0. The van der Waals surface area contributed by atoms with Crippen molar-refractivity contribution in [3.05, 3.63) is 27.9 Å². The van der Waals surface area contributed by atoms with Gasteiger partial charge in [-0.3, -0.25) is 10.1 Å². The summed E-state index contributed by atoms with van der Waals surface area (Å²) in [6.07, 6.45) is 4.90. The molecule has 1 atom stereocenters. The smallest absolute Gasteiger partial charge is 0.290 e. The van der Waals surface area contributed by atoms with E-state index in [-0.39, 0.29) is 10.6 Å². The number of aromatic nitrogens is 1. The Hall–Kier alpha value is -1.65. The van der Waals surface area contributed by atoms with E-state index in [1.165, 1.54) is 19.0 Å². The molecule has 0 amide bonds. The van der Waals surface area contributed by atoms with Gasteiger partial charge in [0.25, 0.3) is 5.69 Å². The van der Waals surface area contributed by atoms with Crippen molar-refractivity contribution in [3.63, 3.8) is 0 Å². The zero-order valence-corrected chi connectivity index (χ0v) is 11.8. The maximum absolute atomic E-state index is 10.8. The van der Waals surface area contributed by atoms with E-state index in [0.29, 0.717) is 17.5 Å². The van der Waals surface area contributed by atoms with Crippen molar-refractivity contribution in [1.82, 2.24) is 4.98 Å². The predicted molar refractivity (Wildman–Crippen MR) is 75.5 cm³/mol. The standard InChI is InChI=1S/C14H21N3O2/c1-10(2)7-12-5-4-6-16(12)14-8-11(3)13(9-15-14)17(18)19/h8-10,12H,4-7H2,1-3H3. The van der Waals surface area contributed by atoms with Gasteiger partial charge in [0.2, 0.25) is 0 Å². The molecular formula is C14H21N3O2. The van der Waals surface area contributed by atoms with Crippen LogP contribution in [0.25, 0.3) is 0 Å². The van der Waals surface area contributed by atoms with Gasteiger partial charge in [0.1, 0.15) is 12.0 Å². The highest BCUT2D eigenvalue weighted by Crippen LogP contribution is 2.30. The first-order chi connectivity index (χ1) is 8.99. The lowest BCUT2D eigenvalue weighted by atomic mass is 10.0. The molecule has 2 rings (SSSR count). The number of hydrogen-bond acceptors (Lipinski definition) is 4. The monoisotopic (exact) mass is 263 g/mol. The number of anilines is 1. The number of aryl methyl sites for hydroxylation is 1. The average molecular weight is 263 g/mol. The molecule has 1 fully saturated rings. The van der Waals surface area contributed by atoms with E-state index in [0.717, 1.165) is 18.8 Å². The Morgan fingerprint density at radius 3 is 2.89 bits per heavy atom. The summed E-state index contributed by atoms with van der Waals surface area (Å²) in [7, 11) is 0. The van der Waals surface area contributed by atoms with Crippen LogP contribution >= 0.6 is 0 Å². The van der Waals surface area contributed by atoms with Crippen LogP contribution in [0.5, 0.6) is 0 Å². The SMILES string of the molecule is Cc1cc(N2CCCC2CC(C)C)ncc1[N+](=O)[O-]. The maximum atomic E-state index is 10.8. The third-order valence-corrected chi connectivity index (χ3v) is 3.68. The quantitative estimate of drug-likeness (QED) is 0.617. The van der Waals surface area contributed by atoms with Crippen molar-refractivity contribution >= 4 is 11.5 Å². The van der Waals surface area contributed by atoms with E-state index < -0.39 is 0 Å². The van der Waals surface area contributed by atoms with Gasteiger partial charge in [-0.2, -0.15) is 0 Å². The largest absolute Gasteiger partial charge is 0.354 e. The van der Waals surface area contributed by atoms with E-state index in [4.69, 9.17) is 0 Å². The molecule has 0 spiro atoms. The number of pyridine rings is 1. The van der Waals surface area contributed by atoms with E-state index in [1.807, 2.05) is 6.07 Å². The fraction of sp³-hybridized carbons (Fsp3) is 0.643. The van der Waals surface area contributed by atoms with Crippen LogP contribution in [0.2, 0.25) is 0 Å². The first-order valence-electron chi connectivity index (χ1n) is 6.86. The van der Waals surface area contributed by atoms with Gasteiger partial charge in [0, 0.05) is 18.2 Å². The van der Waals surface area contributed by atoms with Crippen LogP contribution in [0, 0.1) is 23.0 Å². The molecule has 0 aromatic carbocycles. The topological polar surface area (TPSA) is 59.3 Å². The second-order valence-electron chi connectivity index (χ2n) is 5.71. The Morgan fingerprint density at radius 2 is 2.32 bits per heavy atom. The van der Waals surface area contributed by atoms with Crippen molar-refractivity contribution in [1.29, 1.82) is 0 Å². The minimum Gasteiger partial charge on any atom is -0.354 e. The molecule has 0 aliphatic carbocycles. The average Bonchev–Trinajstić information content (AvgIpc) is 2.75. The van der Waals surface area contributed by atoms with Crippen molar-refractivity contribution < 1.29 is 4.92 Å². The van der Waals surface area contributed by atoms with Gasteiger partial charge >= 0.3 is 0 Å². The minimum atomic E-state index is -0.373. The first kappa shape index (κ1) is 13.8. The second-order valence-corrected chi connectivity index (χ2v) is 5.71. The maximum Gasteiger partial charge on any atom is 0.290 e. The molecule has 19 heavy (non-hydrogen) atoms. The van der Waals surface area contributed by atoms with Crippen molar-refractivity contribution in [2.45, 2.75) is 46.1 Å². The molecule has 5 nitrogen and oxygen atoms in total. The molecule has 1 unspecified atom stereocenters. The Balaban J connectivity index is 2.21. The Bertz CT molecular complexity index is 474. The summed E-state index contributed by atoms with van der Waals surface area (Å²) in [4.78, 5) is 17.0. The summed E-state index contributed by atoms with van der Waals surface area (Å²) < 4.78 is 0.